The van der Waals surface area contributed by atoms with Crippen LogP contribution in [0.4, 0.5) is 0 Å². The lowest BCUT2D eigenvalue weighted by atomic mass is 9.77. The average molecular weight is 607 g/mol. The summed E-state index contributed by atoms with van der Waals surface area (Å²) in [5.74, 6) is 1.19. The van der Waals surface area contributed by atoms with E-state index in [0.717, 1.165) is 6.42 Å². The van der Waals surface area contributed by atoms with Gasteiger partial charge in [-0.3, -0.25) is 4.79 Å². The lowest BCUT2D eigenvalue weighted by molar-refractivity contribution is -0.758. The van der Waals surface area contributed by atoms with Gasteiger partial charge in [-0.25, -0.2) is 18.0 Å². The minimum Gasteiger partial charge on any atom is -0.493 e. The molecule has 0 radical (unpaired) electrons. The summed E-state index contributed by atoms with van der Waals surface area (Å²) in [5, 5.41) is 35.0. The lowest BCUT2D eigenvalue weighted by Crippen LogP contribution is -2.47. The number of hydrogen-bond donors (Lipinski definition) is 3. The molecule has 0 aliphatic carbocycles. The smallest absolute Gasteiger partial charge is 0.294 e. The van der Waals surface area contributed by atoms with E-state index in [1.807, 2.05) is 13.8 Å². The van der Waals surface area contributed by atoms with E-state index in [4.69, 9.17) is 9.84 Å². The van der Waals surface area contributed by atoms with Crippen molar-refractivity contribution in [2.24, 2.45) is 5.92 Å². The molecule has 4 rings (SSSR count). The van der Waals surface area contributed by atoms with Crippen LogP contribution in [0.15, 0.2) is 27.9 Å². The zero-order valence-electron chi connectivity index (χ0n) is 24.1. The van der Waals surface area contributed by atoms with Gasteiger partial charge in [0.2, 0.25) is 0 Å². The Hall–Kier alpha value is -3.40. The van der Waals surface area contributed by atoms with E-state index in [2.05, 4.69) is 14.8 Å². The van der Waals surface area contributed by atoms with E-state index in [-0.39, 0.29) is 43.4 Å². The Morgan fingerprint density at radius 1 is 1.26 bits per heavy atom. The standard InChI is InChI=1S/C27H38N6O8S/c1-4-6-23-28-18(3)24-26(35)29-25(30-32(23)24)21-17-20(7-8-22(21)40-5-2)42(39)31-13-9-19(10-14-31)27(36,11-15-34)12-16-41-33(37)38/h7-8,17,19,34,36H,4-6,9-16H2,1-3H3,(H,29,30,35). The van der Waals surface area contributed by atoms with Crippen LogP contribution < -0.4 is 10.3 Å². The summed E-state index contributed by atoms with van der Waals surface area (Å²) >= 11 is 0. The molecule has 0 spiro atoms. The van der Waals surface area contributed by atoms with Crippen LogP contribution in [0.2, 0.25) is 0 Å². The van der Waals surface area contributed by atoms with Gasteiger partial charge in [0.25, 0.3) is 10.6 Å². The SMILES string of the molecule is CCCc1nc(C)c2c(=O)[nH]c(-c3cc(S(=O)N4CCC(C(O)(CCO)CCO[N+](=O)[O-])CC4)ccc3OCC)nn12. The molecule has 42 heavy (non-hydrogen) atoms. The van der Waals surface area contributed by atoms with Crippen LogP contribution in [-0.2, 0) is 22.2 Å². The Morgan fingerprint density at radius 2 is 2.00 bits per heavy atom. The summed E-state index contributed by atoms with van der Waals surface area (Å²) in [6.45, 7) is 6.29. The van der Waals surface area contributed by atoms with Crippen LogP contribution in [0.5, 0.6) is 5.75 Å². The van der Waals surface area contributed by atoms with Crippen LogP contribution in [0.25, 0.3) is 16.9 Å². The van der Waals surface area contributed by atoms with Crippen molar-refractivity contribution in [2.75, 3.05) is 32.9 Å². The molecule has 1 aliphatic rings. The van der Waals surface area contributed by atoms with Crippen molar-refractivity contribution >= 4 is 16.5 Å². The number of benzene rings is 1. The molecular weight excluding hydrogens is 568 g/mol. The van der Waals surface area contributed by atoms with Gasteiger partial charge in [0.1, 0.15) is 22.6 Å². The summed E-state index contributed by atoms with van der Waals surface area (Å²) < 4.78 is 22.9. The van der Waals surface area contributed by atoms with Crippen LogP contribution in [-0.4, -0.2) is 81.9 Å². The molecule has 14 nitrogen and oxygen atoms in total. The Labute approximate surface area is 245 Å². The zero-order chi connectivity index (χ0) is 30.4. The number of aromatic amines is 1. The summed E-state index contributed by atoms with van der Waals surface area (Å²) in [6.07, 6.45) is 2.53. The fraction of sp³-hybridized carbons (Fsp3) is 0.593. The second-order valence-electron chi connectivity index (χ2n) is 10.4. The van der Waals surface area contributed by atoms with Crippen LogP contribution in [0.3, 0.4) is 0 Å². The fourth-order valence-electron chi connectivity index (χ4n) is 5.56. The van der Waals surface area contributed by atoms with Gasteiger partial charge in [0.15, 0.2) is 11.3 Å². The molecule has 1 aliphatic heterocycles. The maximum absolute atomic E-state index is 13.7. The van der Waals surface area contributed by atoms with Gasteiger partial charge in [0, 0.05) is 32.5 Å². The second kappa shape index (κ2) is 13.7. The number of nitrogens with one attached hydrogen (secondary N) is 1. The first-order chi connectivity index (χ1) is 20.1. The number of H-pyrrole nitrogens is 1. The van der Waals surface area contributed by atoms with E-state index in [1.54, 1.807) is 33.9 Å². The van der Waals surface area contributed by atoms with E-state index >= 15 is 0 Å². The van der Waals surface area contributed by atoms with Gasteiger partial charge in [-0.15, -0.1) is 15.2 Å². The Balaban J connectivity index is 1.58. The number of ether oxygens (including phenoxy) is 1. The van der Waals surface area contributed by atoms with E-state index in [0.29, 0.717) is 72.2 Å². The Kier molecular flexibility index (Phi) is 10.3. The number of imidazole rings is 1. The minimum absolute atomic E-state index is 0.0104. The third-order valence-corrected chi connectivity index (χ3v) is 9.14. The van der Waals surface area contributed by atoms with Crippen LogP contribution >= 0.6 is 0 Å². The monoisotopic (exact) mass is 606 g/mol. The Morgan fingerprint density at radius 3 is 2.64 bits per heavy atom. The molecule has 2 atom stereocenters. The van der Waals surface area contributed by atoms with Crippen molar-refractivity contribution in [1.29, 1.82) is 0 Å². The molecule has 3 aromatic rings. The van der Waals surface area contributed by atoms with E-state index in [1.165, 1.54) is 0 Å². The van der Waals surface area contributed by atoms with Gasteiger partial charge >= 0.3 is 0 Å². The van der Waals surface area contributed by atoms with E-state index < -0.39 is 21.7 Å². The molecule has 3 heterocycles. The van der Waals surface area contributed by atoms with Gasteiger partial charge in [-0.2, -0.15) is 0 Å². The van der Waals surface area contributed by atoms with Crippen LogP contribution in [0, 0.1) is 23.0 Å². The molecular formula is C27H38N6O8S. The molecule has 2 aromatic heterocycles. The maximum Gasteiger partial charge on any atom is 0.294 e. The second-order valence-corrected chi connectivity index (χ2v) is 11.8. The normalized spacial score (nSPS) is 16.8. The number of piperidine rings is 1. The van der Waals surface area contributed by atoms with Crippen molar-refractivity contribution in [1.82, 2.24) is 23.9 Å². The molecule has 3 N–H and O–H groups in total. The zero-order valence-corrected chi connectivity index (χ0v) is 24.9. The molecule has 2 unspecified atom stereocenters. The number of hydrogen-bond acceptors (Lipinski definition) is 10. The first-order valence-corrected chi connectivity index (χ1v) is 15.3. The number of nitrogens with zero attached hydrogens (tertiary/aromatic N) is 5. The third-order valence-electron chi connectivity index (χ3n) is 7.65. The molecule has 0 saturated carbocycles. The highest BCUT2D eigenvalue weighted by Gasteiger charge is 2.39. The number of aryl methyl sites for hydroxylation is 2. The number of aliphatic hydroxyl groups excluding tert-OH is 1. The van der Waals surface area contributed by atoms with Gasteiger partial charge in [-0.05, 0) is 63.6 Å². The fourth-order valence-corrected chi connectivity index (χ4v) is 6.80. The highest BCUT2D eigenvalue weighted by atomic mass is 32.2. The number of fused-ring (bicyclic) bond motifs is 1. The number of aliphatic hydroxyl groups is 2. The molecule has 15 heteroatoms. The van der Waals surface area contributed by atoms with Crippen molar-refractivity contribution in [3.63, 3.8) is 0 Å². The topological polar surface area (TPSA) is 185 Å². The maximum atomic E-state index is 13.7. The van der Waals surface area contributed by atoms with Gasteiger partial charge in [0.05, 0.1) is 35.0 Å². The molecule has 1 fully saturated rings. The summed E-state index contributed by atoms with van der Waals surface area (Å²) in [7, 11) is -1.57. The third kappa shape index (κ3) is 6.80. The highest BCUT2D eigenvalue weighted by Crippen LogP contribution is 2.36. The predicted octanol–water partition coefficient (Wildman–Crippen LogP) is 2.19. The molecule has 1 saturated heterocycles. The first kappa shape index (κ1) is 31.5. The summed E-state index contributed by atoms with van der Waals surface area (Å²) in [6, 6.07) is 5.14. The summed E-state index contributed by atoms with van der Waals surface area (Å²) in [5.41, 5.74) is -0.189. The summed E-state index contributed by atoms with van der Waals surface area (Å²) in [4.78, 5) is 35.9. The van der Waals surface area contributed by atoms with Crippen molar-refractivity contribution in [3.8, 4) is 17.1 Å². The molecule has 0 amide bonds. The van der Waals surface area contributed by atoms with Gasteiger partial charge < -0.3 is 24.8 Å². The lowest BCUT2D eigenvalue weighted by Gasteiger charge is -2.41. The van der Waals surface area contributed by atoms with Crippen molar-refractivity contribution in [2.45, 2.75) is 69.8 Å². The quantitative estimate of drug-likeness (QED) is 0.181. The van der Waals surface area contributed by atoms with Crippen LogP contribution in [0.1, 0.15) is 57.5 Å². The molecule has 0 bridgehead atoms. The van der Waals surface area contributed by atoms with Gasteiger partial charge in [-0.1, -0.05) is 6.92 Å². The minimum atomic E-state index is -1.57. The Bertz CT molecular complexity index is 1490. The number of rotatable bonds is 14. The average Bonchev–Trinajstić information content (AvgIpc) is 3.28. The van der Waals surface area contributed by atoms with E-state index in [9.17, 15) is 29.3 Å². The van der Waals surface area contributed by atoms with Crippen molar-refractivity contribution < 1.29 is 29.1 Å². The molecule has 230 valence electrons. The number of aromatic nitrogens is 4. The largest absolute Gasteiger partial charge is 0.493 e. The predicted molar refractivity (Wildman–Crippen MR) is 154 cm³/mol. The molecule has 1 aromatic carbocycles. The first-order valence-electron chi connectivity index (χ1n) is 14.1. The van der Waals surface area contributed by atoms with Crippen molar-refractivity contribution in [3.05, 3.63) is 50.2 Å². The highest BCUT2D eigenvalue weighted by molar-refractivity contribution is 7.82.